The van der Waals surface area contributed by atoms with Crippen LogP contribution in [-0.4, -0.2) is 46.7 Å². The Balaban J connectivity index is 1.60. The minimum atomic E-state index is -0.445. The average molecular weight is 339 g/mol. The summed E-state index contributed by atoms with van der Waals surface area (Å²) in [6, 6.07) is 11.4. The number of amides is 1. The predicted octanol–water partition coefficient (Wildman–Crippen LogP) is 2.53. The van der Waals surface area contributed by atoms with E-state index >= 15 is 0 Å². The first-order valence-corrected chi connectivity index (χ1v) is 8.85. The number of carbonyl (C=O) groups is 1. The molecule has 1 aromatic carbocycles. The standard InChI is InChI=1S/C19H25N5O/c1-14(24-10-3-2-4-11-24)13-21-18-9-8-17(22-23-18)15-6-5-7-16(12-15)19(20)25/h5-9,12,14H,2-4,10-11,13H2,1H3,(H2,20,25)(H,21,23). The summed E-state index contributed by atoms with van der Waals surface area (Å²) < 4.78 is 0. The Morgan fingerprint density at radius 2 is 2.00 bits per heavy atom. The fourth-order valence-corrected chi connectivity index (χ4v) is 3.15. The molecule has 0 aliphatic carbocycles. The van der Waals surface area contributed by atoms with E-state index in [4.69, 9.17) is 5.73 Å². The van der Waals surface area contributed by atoms with Gasteiger partial charge in [0.15, 0.2) is 0 Å². The maximum Gasteiger partial charge on any atom is 0.248 e. The van der Waals surface area contributed by atoms with Crippen molar-refractivity contribution in [1.29, 1.82) is 0 Å². The van der Waals surface area contributed by atoms with Crippen LogP contribution in [0.2, 0.25) is 0 Å². The van der Waals surface area contributed by atoms with Gasteiger partial charge in [-0.15, -0.1) is 10.2 Å². The first-order valence-electron chi connectivity index (χ1n) is 8.85. The number of aromatic nitrogens is 2. The van der Waals surface area contributed by atoms with Gasteiger partial charge in [0.05, 0.1) is 5.69 Å². The minimum Gasteiger partial charge on any atom is -0.367 e. The van der Waals surface area contributed by atoms with Crippen LogP contribution in [0.3, 0.4) is 0 Å². The fraction of sp³-hybridized carbons (Fsp3) is 0.421. The summed E-state index contributed by atoms with van der Waals surface area (Å²) in [6.07, 6.45) is 3.94. The van der Waals surface area contributed by atoms with Crippen molar-refractivity contribution in [1.82, 2.24) is 15.1 Å². The third kappa shape index (κ3) is 4.54. The molecule has 1 aliphatic heterocycles. The number of rotatable bonds is 6. The third-order valence-corrected chi connectivity index (χ3v) is 4.70. The van der Waals surface area contributed by atoms with Crippen molar-refractivity contribution in [2.24, 2.45) is 5.73 Å². The monoisotopic (exact) mass is 339 g/mol. The van der Waals surface area contributed by atoms with Crippen molar-refractivity contribution in [3.8, 4) is 11.3 Å². The first kappa shape index (κ1) is 17.4. The first-order chi connectivity index (χ1) is 12.1. The van der Waals surface area contributed by atoms with Crippen molar-refractivity contribution >= 4 is 11.7 Å². The molecule has 6 nitrogen and oxygen atoms in total. The van der Waals surface area contributed by atoms with Gasteiger partial charge in [0.2, 0.25) is 5.91 Å². The molecule has 1 fully saturated rings. The van der Waals surface area contributed by atoms with Crippen LogP contribution in [0.15, 0.2) is 36.4 Å². The molecule has 3 rings (SSSR count). The summed E-state index contributed by atoms with van der Waals surface area (Å²) in [6.45, 7) is 5.47. The van der Waals surface area contributed by atoms with Crippen molar-refractivity contribution in [2.75, 3.05) is 25.0 Å². The summed E-state index contributed by atoms with van der Waals surface area (Å²) in [7, 11) is 0. The van der Waals surface area contributed by atoms with Gasteiger partial charge in [0, 0.05) is 23.7 Å². The lowest BCUT2D eigenvalue weighted by Gasteiger charge is -2.32. The Bertz CT molecular complexity index is 710. The summed E-state index contributed by atoms with van der Waals surface area (Å²) >= 11 is 0. The number of likely N-dealkylation sites (tertiary alicyclic amines) is 1. The lowest BCUT2D eigenvalue weighted by Crippen LogP contribution is -2.41. The van der Waals surface area contributed by atoms with E-state index in [1.54, 1.807) is 18.2 Å². The smallest absolute Gasteiger partial charge is 0.248 e. The molecule has 0 spiro atoms. The van der Waals surface area contributed by atoms with Gasteiger partial charge >= 0.3 is 0 Å². The van der Waals surface area contributed by atoms with E-state index in [0.29, 0.717) is 11.6 Å². The van der Waals surface area contributed by atoms with Gasteiger partial charge in [-0.2, -0.15) is 0 Å². The molecule has 1 aliphatic rings. The van der Waals surface area contributed by atoms with Gasteiger partial charge in [0.25, 0.3) is 0 Å². The number of anilines is 1. The molecule has 0 bridgehead atoms. The molecule has 25 heavy (non-hydrogen) atoms. The van der Waals surface area contributed by atoms with Crippen molar-refractivity contribution in [3.05, 3.63) is 42.0 Å². The van der Waals surface area contributed by atoms with Crippen LogP contribution in [0.5, 0.6) is 0 Å². The lowest BCUT2D eigenvalue weighted by molar-refractivity contribution is 0.100. The highest BCUT2D eigenvalue weighted by Crippen LogP contribution is 2.19. The van der Waals surface area contributed by atoms with E-state index < -0.39 is 5.91 Å². The minimum absolute atomic E-state index is 0.445. The molecule has 1 unspecified atom stereocenters. The molecular formula is C19H25N5O. The van der Waals surface area contributed by atoms with Crippen LogP contribution in [-0.2, 0) is 0 Å². The summed E-state index contributed by atoms with van der Waals surface area (Å²) in [4.78, 5) is 13.8. The van der Waals surface area contributed by atoms with Gasteiger partial charge in [-0.3, -0.25) is 9.69 Å². The van der Waals surface area contributed by atoms with E-state index in [9.17, 15) is 4.79 Å². The molecule has 1 aromatic heterocycles. The number of primary amides is 1. The maximum atomic E-state index is 11.3. The number of carbonyl (C=O) groups excluding carboxylic acids is 1. The quantitative estimate of drug-likeness (QED) is 0.845. The molecule has 2 aromatic rings. The molecule has 1 atom stereocenters. The number of hydrogen-bond donors (Lipinski definition) is 2. The van der Waals surface area contributed by atoms with Gasteiger partial charge < -0.3 is 11.1 Å². The number of piperidine rings is 1. The Morgan fingerprint density at radius 3 is 2.68 bits per heavy atom. The van der Waals surface area contributed by atoms with E-state index in [1.807, 2.05) is 18.2 Å². The van der Waals surface area contributed by atoms with Crippen LogP contribution in [0, 0.1) is 0 Å². The lowest BCUT2D eigenvalue weighted by atomic mass is 10.1. The number of benzene rings is 1. The predicted molar refractivity (Wildman–Crippen MR) is 99.4 cm³/mol. The highest BCUT2D eigenvalue weighted by molar-refractivity contribution is 5.93. The highest BCUT2D eigenvalue weighted by atomic mass is 16.1. The largest absolute Gasteiger partial charge is 0.367 e. The van der Waals surface area contributed by atoms with E-state index in [-0.39, 0.29) is 0 Å². The molecule has 1 saturated heterocycles. The Morgan fingerprint density at radius 1 is 1.20 bits per heavy atom. The van der Waals surface area contributed by atoms with Crippen LogP contribution < -0.4 is 11.1 Å². The second kappa shape index (κ2) is 8.07. The van der Waals surface area contributed by atoms with E-state index in [2.05, 4.69) is 27.3 Å². The molecule has 6 heteroatoms. The fourth-order valence-electron chi connectivity index (χ4n) is 3.15. The zero-order valence-electron chi connectivity index (χ0n) is 14.6. The van der Waals surface area contributed by atoms with Crippen molar-refractivity contribution in [2.45, 2.75) is 32.2 Å². The molecule has 0 radical (unpaired) electrons. The third-order valence-electron chi connectivity index (χ3n) is 4.70. The molecular weight excluding hydrogens is 314 g/mol. The second-order valence-corrected chi connectivity index (χ2v) is 6.58. The number of nitrogens with zero attached hydrogens (tertiary/aromatic N) is 3. The molecule has 132 valence electrons. The number of nitrogens with two attached hydrogens (primary N) is 1. The number of nitrogens with one attached hydrogen (secondary N) is 1. The summed E-state index contributed by atoms with van der Waals surface area (Å²) in [5.41, 5.74) is 7.35. The Kier molecular flexibility index (Phi) is 5.60. The SMILES string of the molecule is CC(CNc1ccc(-c2cccc(C(N)=O)c2)nn1)N1CCCCC1. The van der Waals surface area contributed by atoms with Gasteiger partial charge in [-0.1, -0.05) is 18.6 Å². The van der Waals surface area contributed by atoms with E-state index in [0.717, 1.165) is 23.6 Å². The Hall–Kier alpha value is -2.47. The summed E-state index contributed by atoms with van der Waals surface area (Å²) in [5.74, 6) is 0.318. The molecule has 3 N–H and O–H groups in total. The van der Waals surface area contributed by atoms with Crippen LogP contribution >= 0.6 is 0 Å². The Labute approximate surface area is 148 Å². The van der Waals surface area contributed by atoms with Crippen LogP contribution in [0.1, 0.15) is 36.5 Å². The highest BCUT2D eigenvalue weighted by Gasteiger charge is 2.16. The van der Waals surface area contributed by atoms with Gasteiger partial charge in [-0.25, -0.2) is 0 Å². The normalized spacial score (nSPS) is 16.4. The maximum absolute atomic E-state index is 11.3. The second-order valence-electron chi connectivity index (χ2n) is 6.58. The zero-order chi connectivity index (χ0) is 17.6. The van der Waals surface area contributed by atoms with Gasteiger partial charge in [0.1, 0.15) is 5.82 Å². The molecule has 0 saturated carbocycles. The van der Waals surface area contributed by atoms with Crippen molar-refractivity contribution in [3.63, 3.8) is 0 Å². The number of hydrogen-bond acceptors (Lipinski definition) is 5. The van der Waals surface area contributed by atoms with Crippen molar-refractivity contribution < 1.29 is 4.79 Å². The van der Waals surface area contributed by atoms with E-state index in [1.165, 1.54) is 32.4 Å². The van der Waals surface area contributed by atoms with Crippen LogP contribution in [0.25, 0.3) is 11.3 Å². The molecule has 1 amide bonds. The summed E-state index contributed by atoms with van der Waals surface area (Å²) in [5, 5.41) is 11.9. The van der Waals surface area contributed by atoms with Crippen LogP contribution in [0.4, 0.5) is 5.82 Å². The van der Waals surface area contributed by atoms with Gasteiger partial charge in [-0.05, 0) is 57.1 Å². The average Bonchev–Trinajstić information content (AvgIpc) is 2.67. The molecule has 2 heterocycles. The zero-order valence-corrected chi connectivity index (χ0v) is 14.6. The topological polar surface area (TPSA) is 84.1 Å².